The Morgan fingerprint density at radius 2 is 1.24 bits per heavy atom. The zero-order valence-electron chi connectivity index (χ0n) is 57.4. The van der Waals surface area contributed by atoms with Gasteiger partial charge in [-0.2, -0.15) is 0 Å². The zero-order chi connectivity index (χ0) is 68.8. The van der Waals surface area contributed by atoms with Crippen molar-refractivity contribution in [3.05, 3.63) is 89.0 Å². The third-order valence-electron chi connectivity index (χ3n) is 19.6. The summed E-state index contributed by atoms with van der Waals surface area (Å²) in [7, 11) is 0. The number of ether oxygens (including phenoxy) is 9. The Labute approximate surface area is 569 Å². The lowest BCUT2D eigenvalue weighted by Crippen LogP contribution is -2.51. The van der Waals surface area contributed by atoms with Gasteiger partial charge in [-0.05, 0) is 122 Å². The number of aromatic nitrogens is 3. The first-order chi connectivity index (χ1) is 46.9. The van der Waals surface area contributed by atoms with E-state index in [9.17, 15) is 36.3 Å². The molecule has 27 heteroatoms. The van der Waals surface area contributed by atoms with Crippen LogP contribution in [-0.4, -0.2) is 241 Å². The molecule has 97 heavy (non-hydrogen) atoms. The lowest BCUT2D eigenvalue weighted by atomic mass is 9.71. The minimum Gasteiger partial charge on any atom is -0.420 e. The molecule has 4 N–H and O–H groups in total. The number of hydrogen-bond donors (Lipinski definition) is 3. The Bertz CT molecular complexity index is 2810. The number of nitrogens with zero attached hydrogens (tertiary/aromatic N) is 7. The summed E-state index contributed by atoms with van der Waals surface area (Å²) >= 11 is 0. The van der Waals surface area contributed by atoms with Gasteiger partial charge in [-0.3, -0.25) is 19.3 Å². The third-order valence-corrected chi connectivity index (χ3v) is 19.6. The number of carbonyl (C=O) groups is 3. The number of rotatable bonds is 44. The first-order valence-corrected chi connectivity index (χ1v) is 35.2. The van der Waals surface area contributed by atoms with Gasteiger partial charge in [-0.15, -0.1) is 10.2 Å². The van der Waals surface area contributed by atoms with Gasteiger partial charge in [0.2, 0.25) is 23.5 Å². The van der Waals surface area contributed by atoms with E-state index in [0.717, 1.165) is 88.7 Å². The number of benzene rings is 2. The van der Waals surface area contributed by atoms with Gasteiger partial charge < -0.3 is 78.3 Å². The van der Waals surface area contributed by atoms with Gasteiger partial charge in [-0.1, -0.05) is 30.3 Å². The van der Waals surface area contributed by atoms with Crippen LogP contribution in [0.3, 0.4) is 0 Å². The molecule has 5 fully saturated rings. The number of piperidine rings is 2. The van der Waals surface area contributed by atoms with Crippen LogP contribution in [-0.2, 0) is 52.3 Å². The molecule has 5 aliphatic rings. The van der Waals surface area contributed by atoms with Crippen molar-refractivity contribution in [3.63, 3.8) is 0 Å². The molecule has 8 rings (SSSR count). The van der Waals surface area contributed by atoms with E-state index >= 15 is 0 Å². The number of alkyl halides is 2. The zero-order valence-corrected chi connectivity index (χ0v) is 57.4. The first kappa shape index (κ1) is 77.3. The van der Waals surface area contributed by atoms with Crippen LogP contribution in [0.4, 0.5) is 22.0 Å². The Morgan fingerprint density at radius 3 is 1.85 bits per heavy atom. The number of nitrogens with two attached hydrogens (primary N) is 1. The molecule has 4 atom stereocenters. The molecule has 22 nitrogen and oxygen atoms in total. The molecule has 5 heterocycles. The molecule has 0 radical (unpaired) electrons. The maximum atomic E-state index is 13.9. The van der Waals surface area contributed by atoms with Gasteiger partial charge in [0.15, 0.2) is 11.6 Å². The molecule has 1 spiro atoms. The number of aryl methyl sites for hydroxylation is 1. The van der Waals surface area contributed by atoms with Crippen molar-refractivity contribution < 1.29 is 79.0 Å². The summed E-state index contributed by atoms with van der Waals surface area (Å²) in [6.07, 6.45) is 10.5. The molecule has 544 valence electrons. The fourth-order valence-corrected chi connectivity index (χ4v) is 13.8. The SMILES string of the molecule is Cc1nnc(C2CN(C(=O)CCN3CCC4(CCN(CCOCCOCCOCCOC/C(N)=C/NCCOCCOCCOCCOCCC(=O)Oc5c(F)cc(F)cc5F)CC4)CC3)C2)n1C(C)CC1CCC(C)N1CCC(NC(=O)C1CCC(F)(F)CC1)c1ccccc1. The van der Waals surface area contributed by atoms with Crippen molar-refractivity contribution in [2.75, 3.05) is 171 Å². The van der Waals surface area contributed by atoms with Gasteiger partial charge >= 0.3 is 5.97 Å². The predicted molar refractivity (Wildman–Crippen MR) is 353 cm³/mol. The third kappa shape index (κ3) is 25.9. The molecule has 0 bridgehead atoms. The number of carbonyl (C=O) groups excluding carboxylic acids is 3. The number of nitrogens with one attached hydrogen (secondary N) is 2. The van der Waals surface area contributed by atoms with E-state index < -0.39 is 35.1 Å². The van der Waals surface area contributed by atoms with Crippen LogP contribution in [0, 0.1) is 35.7 Å². The van der Waals surface area contributed by atoms with Crippen molar-refractivity contribution in [3.8, 4) is 5.75 Å². The van der Waals surface area contributed by atoms with Gasteiger partial charge in [0.25, 0.3) is 0 Å². The summed E-state index contributed by atoms with van der Waals surface area (Å²) in [5, 5.41) is 15.6. The van der Waals surface area contributed by atoms with Crippen LogP contribution >= 0.6 is 0 Å². The van der Waals surface area contributed by atoms with Gasteiger partial charge in [0.05, 0.1) is 130 Å². The summed E-state index contributed by atoms with van der Waals surface area (Å²) in [5.41, 5.74) is 7.99. The second-order valence-electron chi connectivity index (χ2n) is 26.6. The Balaban J connectivity index is 0.569. The molecule has 3 aromatic rings. The summed E-state index contributed by atoms with van der Waals surface area (Å²) in [5.74, 6) is -6.54. The fourth-order valence-electron chi connectivity index (χ4n) is 13.8. The highest BCUT2D eigenvalue weighted by atomic mass is 19.3. The molecular formula is C70H107F5N10O12. The van der Waals surface area contributed by atoms with E-state index in [1.165, 1.54) is 25.7 Å². The Morgan fingerprint density at radius 1 is 0.680 bits per heavy atom. The van der Waals surface area contributed by atoms with Gasteiger partial charge in [0, 0.05) is 101 Å². The standard InChI is InChI=1S/C70H107F5N10O12/c1-52-9-10-60(84(52)24-13-63(55-7-5-4-6-8-55)78-68(88)56-11-16-70(74,75)17-12-56)45-53(2)85-54(3)79-80-67(85)57-49-83(50-57)64(86)14-23-81-25-18-69(19-26-81)20-27-82(28-21-69)29-32-91-35-38-94-41-42-95-43-44-96-51-59(76)48-77-22-31-90-34-37-93-40-39-92-36-33-89-30-15-65(87)97-66-61(72)46-58(71)47-62(66)73/h4-8,46-48,52-53,56-57,60,63,77H,9-45,49-51,76H2,1-3H3,(H,78,88)/b59-48-. The molecule has 1 aromatic heterocycles. The monoisotopic (exact) mass is 1370 g/mol. The lowest BCUT2D eigenvalue weighted by molar-refractivity contribution is -0.137. The average molecular weight is 1380 g/mol. The summed E-state index contributed by atoms with van der Waals surface area (Å²) < 4.78 is 119. The molecular weight excluding hydrogens is 1270 g/mol. The average Bonchev–Trinajstić information content (AvgIpc) is 1.71. The normalized spacial score (nSPS) is 20.3. The largest absolute Gasteiger partial charge is 0.420 e. The number of halogens is 5. The molecule has 4 saturated heterocycles. The number of amides is 2. The maximum Gasteiger partial charge on any atom is 0.313 e. The van der Waals surface area contributed by atoms with Crippen LogP contribution in [0.1, 0.15) is 139 Å². The summed E-state index contributed by atoms with van der Waals surface area (Å²) in [4.78, 5) is 48.4. The minimum atomic E-state index is -2.68. The van der Waals surface area contributed by atoms with E-state index in [-0.39, 0.29) is 94.3 Å². The summed E-state index contributed by atoms with van der Waals surface area (Å²) in [6, 6.07) is 11.6. The van der Waals surface area contributed by atoms with Crippen LogP contribution in [0.5, 0.6) is 5.75 Å². The van der Waals surface area contributed by atoms with Crippen LogP contribution in [0.25, 0.3) is 0 Å². The van der Waals surface area contributed by atoms with Gasteiger partial charge in [0.1, 0.15) is 17.5 Å². The molecule has 1 saturated carbocycles. The van der Waals surface area contributed by atoms with Crippen LogP contribution in [0.15, 0.2) is 54.4 Å². The quantitative estimate of drug-likeness (QED) is 0.0212. The molecule has 2 amide bonds. The molecule has 4 unspecified atom stereocenters. The van der Waals surface area contributed by atoms with E-state index in [1.54, 1.807) is 6.20 Å². The van der Waals surface area contributed by atoms with Gasteiger partial charge in [-0.25, -0.2) is 22.0 Å². The van der Waals surface area contributed by atoms with Crippen LogP contribution in [0.2, 0.25) is 0 Å². The first-order valence-electron chi connectivity index (χ1n) is 35.2. The Hall–Kier alpha value is -5.46. The Kier molecular flexibility index (Phi) is 32.4. The number of esters is 1. The fraction of sp³-hybridized carbons (Fsp3) is 0.729. The van der Waals surface area contributed by atoms with Crippen molar-refractivity contribution in [1.29, 1.82) is 0 Å². The number of hydrogen-bond acceptors (Lipinski definition) is 19. The smallest absolute Gasteiger partial charge is 0.313 e. The highest BCUT2D eigenvalue weighted by molar-refractivity contribution is 5.79. The predicted octanol–water partition coefficient (Wildman–Crippen LogP) is 7.89. The molecule has 1 aliphatic carbocycles. The second-order valence-corrected chi connectivity index (χ2v) is 26.6. The van der Waals surface area contributed by atoms with E-state index in [4.69, 9.17) is 48.7 Å². The lowest BCUT2D eigenvalue weighted by Gasteiger charge is -2.47. The second kappa shape index (κ2) is 40.7. The topological polar surface area (TPSA) is 228 Å². The van der Waals surface area contributed by atoms with Crippen molar-refractivity contribution in [2.45, 2.75) is 147 Å². The highest BCUT2D eigenvalue weighted by Crippen LogP contribution is 2.42. The highest BCUT2D eigenvalue weighted by Gasteiger charge is 2.41. The van der Waals surface area contributed by atoms with Crippen molar-refractivity contribution >= 4 is 17.8 Å². The number of likely N-dealkylation sites (tertiary alicyclic amines) is 4. The van der Waals surface area contributed by atoms with Crippen LogP contribution < -0.4 is 21.1 Å². The summed E-state index contributed by atoms with van der Waals surface area (Å²) in [6.45, 7) is 21.3. The minimum absolute atomic E-state index is 0.0471. The van der Waals surface area contributed by atoms with E-state index in [0.29, 0.717) is 141 Å². The van der Waals surface area contributed by atoms with E-state index in [2.05, 4.69) is 53.6 Å². The maximum absolute atomic E-state index is 13.9. The van der Waals surface area contributed by atoms with Crippen molar-refractivity contribution in [2.24, 2.45) is 17.1 Å². The van der Waals surface area contributed by atoms with E-state index in [1.807, 2.05) is 42.2 Å². The van der Waals surface area contributed by atoms with Crippen molar-refractivity contribution in [1.82, 2.24) is 45.0 Å². The molecule has 2 aromatic carbocycles. The molecule has 4 aliphatic heterocycles.